The van der Waals surface area contributed by atoms with E-state index in [-0.39, 0.29) is 11.9 Å². The summed E-state index contributed by atoms with van der Waals surface area (Å²) >= 11 is 0. The lowest BCUT2D eigenvalue weighted by Gasteiger charge is -2.22. The van der Waals surface area contributed by atoms with Crippen LogP contribution in [0.1, 0.15) is 51.0 Å². The van der Waals surface area contributed by atoms with E-state index >= 15 is 0 Å². The minimum Gasteiger partial charge on any atom is -0.483 e. The SMILES string of the molecule is CC(C)c1ccc(OC2CCCCC2=O)cc1. The number of ketones is 1. The minimum atomic E-state index is -0.214. The van der Waals surface area contributed by atoms with Crippen molar-refractivity contribution in [1.29, 1.82) is 0 Å². The summed E-state index contributed by atoms with van der Waals surface area (Å²) in [6.45, 7) is 4.33. The Labute approximate surface area is 103 Å². The molecule has 1 aromatic carbocycles. The van der Waals surface area contributed by atoms with Gasteiger partial charge in [-0.25, -0.2) is 0 Å². The Kier molecular flexibility index (Phi) is 3.82. The molecule has 0 aromatic heterocycles. The van der Waals surface area contributed by atoms with Crippen LogP contribution in [-0.4, -0.2) is 11.9 Å². The molecule has 1 unspecified atom stereocenters. The molecule has 1 aliphatic carbocycles. The van der Waals surface area contributed by atoms with Crippen molar-refractivity contribution in [2.45, 2.75) is 51.6 Å². The molecule has 0 saturated heterocycles. The third kappa shape index (κ3) is 3.09. The molecule has 0 spiro atoms. The van der Waals surface area contributed by atoms with Gasteiger partial charge in [-0.1, -0.05) is 26.0 Å². The molecule has 1 aromatic rings. The molecule has 2 nitrogen and oxygen atoms in total. The highest BCUT2D eigenvalue weighted by atomic mass is 16.5. The molecule has 1 aliphatic rings. The Morgan fingerprint density at radius 1 is 1.18 bits per heavy atom. The van der Waals surface area contributed by atoms with Crippen LogP contribution >= 0.6 is 0 Å². The van der Waals surface area contributed by atoms with Gasteiger partial charge in [-0.2, -0.15) is 0 Å². The van der Waals surface area contributed by atoms with Gasteiger partial charge in [0.15, 0.2) is 11.9 Å². The third-order valence-corrected chi connectivity index (χ3v) is 3.32. The van der Waals surface area contributed by atoms with Crippen LogP contribution in [0, 0.1) is 0 Å². The van der Waals surface area contributed by atoms with Crippen LogP contribution in [0.3, 0.4) is 0 Å². The fourth-order valence-electron chi connectivity index (χ4n) is 2.17. The van der Waals surface area contributed by atoms with E-state index in [2.05, 4.69) is 26.0 Å². The van der Waals surface area contributed by atoms with E-state index in [1.165, 1.54) is 5.56 Å². The monoisotopic (exact) mass is 232 g/mol. The standard InChI is InChI=1S/C15H20O2/c1-11(2)12-7-9-13(10-8-12)17-15-6-4-3-5-14(15)16/h7-11,15H,3-6H2,1-2H3. The van der Waals surface area contributed by atoms with Gasteiger partial charge in [0.2, 0.25) is 0 Å². The largest absolute Gasteiger partial charge is 0.483 e. The van der Waals surface area contributed by atoms with Crippen molar-refractivity contribution >= 4 is 5.78 Å². The molecule has 1 atom stereocenters. The number of ether oxygens (including phenoxy) is 1. The van der Waals surface area contributed by atoms with E-state index in [0.29, 0.717) is 12.3 Å². The van der Waals surface area contributed by atoms with E-state index in [1.54, 1.807) is 0 Å². The molecule has 0 heterocycles. The summed E-state index contributed by atoms with van der Waals surface area (Å²) in [6.07, 6.45) is 3.44. The van der Waals surface area contributed by atoms with E-state index in [1.807, 2.05) is 12.1 Å². The van der Waals surface area contributed by atoms with E-state index in [4.69, 9.17) is 4.74 Å². The zero-order chi connectivity index (χ0) is 12.3. The highest BCUT2D eigenvalue weighted by Gasteiger charge is 2.23. The Bertz CT molecular complexity index is 378. The third-order valence-electron chi connectivity index (χ3n) is 3.32. The fraction of sp³-hybridized carbons (Fsp3) is 0.533. The van der Waals surface area contributed by atoms with Crippen LogP contribution in [0.5, 0.6) is 5.75 Å². The van der Waals surface area contributed by atoms with Gasteiger partial charge < -0.3 is 4.74 Å². The predicted molar refractivity (Wildman–Crippen MR) is 68.4 cm³/mol. The highest BCUT2D eigenvalue weighted by Crippen LogP contribution is 2.23. The van der Waals surface area contributed by atoms with Gasteiger partial charge >= 0.3 is 0 Å². The van der Waals surface area contributed by atoms with Gasteiger partial charge in [0.1, 0.15) is 5.75 Å². The van der Waals surface area contributed by atoms with Crippen molar-refractivity contribution in [3.63, 3.8) is 0 Å². The summed E-state index contributed by atoms with van der Waals surface area (Å²) in [4.78, 5) is 11.6. The number of rotatable bonds is 3. The summed E-state index contributed by atoms with van der Waals surface area (Å²) in [7, 11) is 0. The van der Waals surface area contributed by atoms with Crippen molar-refractivity contribution in [2.24, 2.45) is 0 Å². The van der Waals surface area contributed by atoms with Gasteiger partial charge in [0, 0.05) is 6.42 Å². The second-order valence-electron chi connectivity index (χ2n) is 5.04. The smallest absolute Gasteiger partial charge is 0.173 e. The fourth-order valence-corrected chi connectivity index (χ4v) is 2.17. The molecule has 0 amide bonds. The van der Waals surface area contributed by atoms with Crippen molar-refractivity contribution < 1.29 is 9.53 Å². The maximum atomic E-state index is 11.6. The van der Waals surface area contributed by atoms with Crippen molar-refractivity contribution in [2.75, 3.05) is 0 Å². The number of hydrogen-bond acceptors (Lipinski definition) is 2. The van der Waals surface area contributed by atoms with Gasteiger partial charge in [-0.05, 0) is 42.9 Å². The van der Waals surface area contributed by atoms with Crippen LogP contribution in [0.2, 0.25) is 0 Å². The molecular weight excluding hydrogens is 212 g/mol. The number of benzene rings is 1. The van der Waals surface area contributed by atoms with Crippen molar-refractivity contribution in [3.05, 3.63) is 29.8 Å². The van der Waals surface area contributed by atoms with Gasteiger partial charge in [0.25, 0.3) is 0 Å². The van der Waals surface area contributed by atoms with Crippen molar-refractivity contribution in [1.82, 2.24) is 0 Å². The number of hydrogen-bond donors (Lipinski definition) is 0. The number of Topliss-reactive ketones (excluding diaryl/α,β-unsaturated/α-hetero) is 1. The van der Waals surface area contributed by atoms with Gasteiger partial charge in [0.05, 0.1) is 0 Å². The Balaban J connectivity index is 2.00. The lowest BCUT2D eigenvalue weighted by Crippen LogP contribution is -2.30. The van der Waals surface area contributed by atoms with Gasteiger partial charge in [-0.3, -0.25) is 4.79 Å². The van der Waals surface area contributed by atoms with Gasteiger partial charge in [-0.15, -0.1) is 0 Å². The quantitative estimate of drug-likeness (QED) is 0.794. The maximum Gasteiger partial charge on any atom is 0.173 e. The molecule has 1 fully saturated rings. The van der Waals surface area contributed by atoms with E-state index < -0.39 is 0 Å². The Hall–Kier alpha value is -1.31. The van der Waals surface area contributed by atoms with Crippen LogP contribution in [-0.2, 0) is 4.79 Å². The minimum absolute atomic E-state index is 0.214. The van der Waals surface area contributed by atoms with Crippen LogP contribution in [0.15, 0.2) is 24.3 Å². The zero-order valence-corrected chi connectivity index (χ0v) is 10.6. The summed E-state index contributed by atoms with van der Waals surface area (Å²) in [5, 5.41) is 0. The van der Waals surface area contributed by atoms with Crippen LogP contribution < -0.4 is 4.74 Å². The Morgan fingerprint density at radius 2 is 1.88 bits per heavy atom. The van der Waals surface area contributed by atoms with Crippen LogP contribution in [0.25, 0.3) is 0 Å². The number of carbonyl (C=O) groups is 1. The first kappa shape index (κ1) is 12.2. The summed E-state index contributed by atoms with van der Waals surface area (Å²) in [5.74, 6) is 1.60. The van der Waals surface area contributed by atoms with E-state index in [9.17, 15) is 4.79 Å². The van der Waals surface area contributed by atoms with Crippen LogP contribution in [0.4, 0.5) is 0 Å². The molecule has 0 N–H and O–H groups in total. The molecule has 1 saturated carbocycles. The average molecular weight is 232 g/mol. The average Bonchev–Trinajstić information content (AvgIpc) is 2.33. The molecule has 0 bridgehead atoms. The van der Waals surface area contributed by atoms with E-state index in [0.717, 1.165) is 25.0 Å². The Morgan fingerprint density at radius 3 is 2.47 bits per heavy atom. The topological polar surface area (TPSA) is 26.3 Å². The second kappa shape index (κ2) is 5.35. The second-order valence-corrected chi connectivity index (χ2v) is 5.04. The molecule has 0 aliphatic heterocycles. The molecular formula is C15H20O2. The molecule has 92 valence electrons. The lowest BCUT2D eigenvalue weighted by molar-refractivity contribution is -0.127. The molecule has 2 heteroatoms. The predicted octanol–water partition coefficient (Wildman–Crippen LogP) is 3.70. The summed E-state index contributed by atoms with van der Waals surface area (Å²) in [5.41, 5.74) is 1.30. The summed E-state index contributed by atoms with van der Waals surface area (Å²) < 4.78 is 5.75. The first-order valence-electron chi connectivity index (χ1n) is 6.46. The molecule has 17 heavy (non-hydrogen) atoms. The highest BCUT2D eigenvalue weighted by molar-refractivity contribution is 5.84. The van der Waals surface area contributed by atoms with Crippen molar-refractivity contribution in [3.8, 4) is 5.75 Å². The first-order chi connectivity index (χ1) is 8.16. The summed E-state index contributed by atoms with van der Waals surface area (Å²) in [6, 6.07) is 8.09. The number of carbonyl (C=O) groups excluding carboxylic acids is 1. The molecule has 2 rings (SSSR count). The maximum absolute atomic E-state index is 11.6. The molecule has 0 radical (unpaired) electrons. The normalized spacial score (nSPS) is 20.6. The zero-order valence-electron chi connectivity index (χ0n) is 10.6. The first-order valence-corrected chi connectivity index (χ1v) is 6.46. The lowest BCUT2D eigenvalue weighted by atomic mass is 9.96.